The highest BCUT2D eigenvalue weighted by atomic mass is 14.6. The minimum Gasteiger partial charge on any atom is -0.238 e. The molecule has 1 aromatic rings. The average molecular weight is 209 g/mol. The van der Waals surface area contributed by atoms with Crippen LogP contribution in [0, 0.1) is 24.3 Å². The molecule has 1 aromatic carbocycles. The Morgan fingerprint density at radius 2 is 1.75 bits per heavy atom. The molecule has 0 heterocycles. The zero-order valence-electron chi connectivity index (χ0n) is 9.37. The summed E-state index contributed by atoms with van der Waals surface area (Å²) >= 11 is 0. The second-order valence-corrected chi connectivity index (χ2v) is 4.26. The fraction of sp³-hybridized carbons (Fsp3) is 0.400. The van der Waals surface area contributed by atoms with Gasteiger partial charge < -0.3 is 0 Å². The largest absolute Gasteiger partial charge is 0.238 e. The molecule has 1 fully saturated rings. The van der Waals surface area contributed by atoms with Gasteiger partial charge in [0.15, 0.2) is 5.69 Å². The summed E-state index contributed by atoms with van der Waals surface area (Å²) in [4.78, 5) is 3.36. The lowest BCUT2D eigenvalue weighted by Gasteiger charge is -2.15. The molecule has 1 nitrogen and oxygen atoms in total. The van der Waals surface area contributed by atoms with Crippen LogP contribution in [0.3, 0.4) is 0 Å². The Morgan fingerprint density at radius 3 is 2.38 bits per heavy atom. The molecule has 80 valence electrons. The third-order valence-corrected chi connectivity index (χ3v) is 3.02. The standard InChI is InChI=1S/C15H15N/c1-16-15-11-9-14(10-12-15)8-7-13-5-3-2-4-6-13/h9-13H,2-6H2. The molecule has 0 atom stereocenters. The quantitative estimate of drug-likeness (QED) is 0.446. The van der Waals surface area contributed by atoms with E-state index in [4.69, 9.17) is 6.57 Å². The molecular formula is C15H15N. The van der Waals surface area contributed by atoms with Gasteiger partial charge in [-0.05, 0) is 12.8 Å². The molecule has 0 radical (unpaired) electrons. The Labute approximate surface area is 97.3 Å². The first-order chi connectivity index (χ1) is 7.88. The molecule has 1 saturated carbocycles. The van der Waals surface area contributed by atoms with E-state index in [9.17, 15) is 0 Å². The van der Waals surface area contributed by atoms with Gasteiger partial charge in [0.1, 0.15) is 0 Å². The van der Waals surface area contributed by atoms with Crippen LogP contribution in [0.4, 0.5) is 5.69 Å². The highest BCUT2D eigenvalue weighted by Gasteiger charge is 2.09. The second-order valence-electron chi connectivity index (χ2n) is 4.26. The summed E-state index contributed by atoms with van der Waals surface area (Å²) < 4.78 is 0. The normalized spacial score (nSPS) is 15.9. The number of rotatable bonds is 0. The van der Waals surface area contributed by atoms with Crippen LogP contribution < -0.4 is 0 Å². The fourth-order valence-electron chi connectivity index (χ4n) is 2.05. The van der Waals surface area contributed by atoms with Gasteiger partial charge in [0.05, 0.1) is 6.57 Å². The first-order valence-electron chi connectivity index (χ1n) is 5.87. The fourth-order valence-corrected chi connectivity index (χ4v) is 2.05. The van der Waals surface area contributed by atoms with Crippen molar-refractivity contribution in [2.45, 2.75) is 32.1 Å². The SMILES string of the molecule is [C-]#[N+]c1ccc(C#CC2CCCCC2)cc1. The van der Waals surface area contributed by atoms with E-state index in [1.165, 1.54) is 32.1 Å². The zero-order valence-corrected chi connectivity index (χ0v) is 9.37. The van der Waals surface area contributed by atoms with Crippen molar-refractivity contribution in [2.75, 3.05) is 0 Å². The second kappa shape index (κ2) is 5.38. The molecule has 0 aromatic heterocycles. The smallest absolute Gasteiger partial charge is 0.187 e. The van der Waals surface area contributed by atoms with E-state index in [0.717, 1.165) is 5.56 Å². The molecule has 0 unspecified atom stereocenters. The Morgan fingerprint density at radius 1 is 1.06 bits per heavy atom. The zero-order chi connectivity index (χ0) is 11.2. The van der Waals surface area contributed by atoms with Gasteiger partial charge in [0.25, 0.3) is 0 Å². The third kappa shape index (κ3) is 2.88. The lowest BCUT2D eigenvalue weighted by molar-refractivity contribution is 0.430. The monoisotopic (exact) mass is 209 g/mol. The first-order valence-corrected chi connectivity index (χ1v) is 5.87. The van der Waals surface area contributed by atoms with Crippen molar-refractivity contribution in [3.05, 3.63) is 41.2 Å². The summed E-state index contributed by atoms with van der Waals surface area (Å²) in [6, 6.07) is 7.53. The molecule has 1 heteroatoms. The molecule has 0 saturated heterocycles. The Balaban J connectivity index is 2.02. The summed E-state index contributed by atoms with van der Waals surface area (Å²) in [5.41, 5.74) is 1.71. The van der Waals surface area contributed by atoms with Crippen LogP contribution in [0.5, 0.6) is 0 Å². The maximum Gasteiger partial charge on any atom is 0.187 e. The minimum atomic E-state index is 0.592. The molecule has 0 aliphatic heterocycles. The number of hydrogen-bond donors (Lipinski definition) is 0. The molecule has 0 amide bonds. The summed E-state index contributed by atoms with van der Waals surface area (Å²) in [6.07, 6.45) is 6.55. The van der Waals surface area contributed by atoms with E-state index in [1.54, 1.807) is 0 Å². The molecule has 0 bridgehead atoms. The highest BCUT2D eigenvalue weighted by molar-refractivity contribution is 5.48. The topological polar surface area (TPSA) is 4.36 Å². The van der Waals surface area contributed by atoms with Crippen LogP contribution in [0.2, 0.25) is 0 Å². The summed E-state index contributed by atoms with van der Waals surface area (Å²) in [5.74, 6) is 7.15. The maximum absolute atomic E-state index is 6.87. The van der Waals surface area contributed by atoms with Crippen LogP contribution in [-0.2, 0) is 0 Å². The van der Waals surface area contributed by atoms with Crippen molar-refractivity contribution >= 4 is 5.69 Å². The van der Waals surface area contributed by atoms with Crippen molar-refractivity contribution in [3.63, 3.8) is 0 Å². The van der Waals surface area contributed by atoms with Crippen molar-refractivity contribution in [2.24, 2.45) is 5.92 Å². The molecule has 0 N–H and O–H groups in total. The summed E-state index contributed by atoms with van der Waals surface area (Å²) in [5, 5.41) is 0. The van der Waals surface area contributed by atoms with Crippen molar-refractivity contribution in [1.29, 1.82) is 0 Å². The maximum atomic E-state index is 6.87. The number of nitrogens with zero attached hydrogens (tertiary/aromatic N) is 1. The van der Waals surface area contributed by atoms with Gasteiger partial charge in [0, 0.05) is 11.5 Å². The highest BCUT2D eigenvalue weighted by Crippen LogP contribution is 2.22. The molecule has 2 rings (SSSR count). The van der Waals surface area contributed by atoms with Gasteiger partial charge in [0.2, 0.25) is 0 Å². The predicted molar refractivity (Wildman–Crippen MR) is 66.2 cm³/mol. The van der Waals surface area contributed by atoms with Crippen molar-refractivity contribution in [3.8, 4) is 11.8 Å². The van der Waals surface area contributed by atoms with Crippen molar-refractivity contribution < 1.29 is 0 Å². The van der Waals surface area contributed by atoms with Crippen LogP contribution in [0.1, 0.15) is 37.7 Å². The number of hydrogen-bond acceptors (Lipinski definition) is 0. The van der Waals surface area contributed by atoms with E-state index in [2.05, 4.69) is 16.7 Å². The molecular weight excluding hydrogens is 194 g/mol. The molecule has 1 aliphatic rings. The minimum absolute atomic E-state index is 0.592. The predicted octanol–water partition coefficient (Wildman–Crippen LogP) is 4.17. The van der Waals surface area contributed by atoms with Crippen LogP contribution in [0.25, 0.3) is 4.85 Å². The van der Waals surface area contributed by atoms with Gasteiger partial charge in [-0.2, -0.15) is 0 Å². The lowest BCUT2D eigenvalue weighted by Crippen LogP contribution is -2.02. The third-order valence-electron chi connectivity index (χ3n) is 3.02. The molecule has 1 aliphatic carbocycles. The summed E-state index contributed by atoms with van der Waals surface area (Å²) in [6.45, 7) is 6.87. The Bertz CT molecular complexity index is 433. The van der Waals surface area contributed by atoms with Gasteiger partial charge in [-0.15, -0.1) is 0 Å². The van der Waals surface area contributed by atoms with Crippen LogP contribution in [-0.4, -0.2) is 0 Å². The van der Waals surface area contributed by atoms with Gasteiger partial charge >= 0.3 is 0 Å². The van der Waals surface area contributed by atoms with Gasteiger partial charge in [-0.1, -0.05) is 55.4 Å². The molecule has 0 spiro atoms. The Kier molecular flexibility index (Phi) is 3.62. The van der Waals surface area contributed by atoms with E-state index >= 15 is 0 Å². The van der Waals surface area contributed by atoms with Gasteiger partial charge in [-0.25, -0.2) is 4.85 Å². The lowest BCUT2D eigenvalue weighted by atomic mass is 9.90. The van der Waals surface area contributed by atoms with Gasteiger partial charge in [-0.3, -0.25) is 0 Å². The van der Waals surface area contributed by atoms with E-state index in [1.807, 2.05) is 24.3 Å². The van der Waals surface area contributed by atoms with Crippen LogP contribution >= 0.6 is 0 Å². The Hall–Kier alpha value is -1.73. The first kappa shape index (κ1) is 10.8. The van der Waals surface area contributed by atoms with Crippen LogP contribution in [0.15, 0.2) is 24.3 Å². The van der Waals surface area contributed by atoms with E-state index < -0.39 is 0 Å². The van der Waals surface area contributed by atoms with E-state index in [-0.39, 0.29) is 0 Å². The molecule has 16 heavy (non-hydrogen) atoms. The average Bonchev–Trinajstić information content (AvgIpc) is 2.38. The van der Waals surface area contributed by atoms with Crippen molar-refractivity contribution in [1.82, 2.24) is 0 Å². The summed E-state index contributed by atoms with van der Waals surface area (Å²) in [7, 11) is 0. The van der Waals surface area contributed by atoms with E-state index in [0.29, 0.717) is 11.6 Å². The number of benzene rings is 1.